The minimum Gasteiger partial charge on any atom is -0.630 e. The lowest BCUT2D eigenvalue weighted by molar-refractivity contribution is -0.530. The van der Waals surface area contributed by atoms with E-state index in [1.807, 2.05) is 0 Å². The Morgan fingerprint density at radius 1 is 1.69 bits per heavy atom. The summed E-state index contributed by atoms with van der Waals surface area (Å²) in [7, 11) is 1.46. The van der Waals surface area contributed by atoms with E-state index in [1.54, 1.807) is 0 Å². The molecule has 0 saturated heterocycles. The molecule has 6 heteroatoms. The molecule has 0 heterocycles. The molecule has 5 nitrogen and oxygen atoms in total. The Morgan fingerprint density at radius 2 is 2.31 bits per heavy atom. The number of methoxy groups -OCH3 is 1. The fourth-order valence-corrected chi connectivity index (χ4v) is 0.927. The lowest BCUT2D eigenvalue weighted by atomic mass is 10.3. The van der Waals surface area contributed by atoms with Crippen LogP contribution in [0.15, 0.2) is 23.6 Å². The average Bonchev–Trinajstić information content (AvgIpc) is 2.12. The molecule has 0 aliphatic carbocycles. The second-order valence-corrected chi connectivity index (χ2v) is 2.58. The Kier molecular flexibility index (Phi) is 6.21. The molecule has 13 heavy (non-hydrogen) atoms. The Bertz CT molecular complexity index is 231. The fraction of sp³-hybridized carbons (Fsp3) is 0.286. The van der Waals surface area contributed by atoms with Gasteiger partial charge >= 0.3 is 5.97 Å². The third-order valence-electron chi connectivity index (χ3n) is 1.22. The predicted molar refractivity (Wildman–Crippen MR) is 49.9 cm³/mol. The van der Waals surface area contributed by atoms with Gasteiger partial charge in [0.05, 0.1) is 12.4 Å². The van der Waals surface area contributed by atoms with Crippen LogP contribution >= 0.6 is 15.9 Å². The Labute approximate surface area is 83.8 Å². The van der Waals surface area contributed by atoms with E-state index >= 15 is 0 Å². The van der Waals surface area contributed by atoms with Crippen molar-refractivity contribution in [1.29, 1.82) is 0 Å². The first-order valence-electron chi connectivity index (χ1n) is 3.35. The lowest BCUT2D eigenvalue weighted by Crippen LogP contribution is -2.76. The molecule has 0 aliphatic rings. The normalized spacial score (nSPS) is 12.8. The first-order chi connectivity index (χ1) is 6.15. The van der Waals surface area contributed by atoms with Gasteiger partial charge in [0.2, 0.25) is 5.70 Å². The molecule has 0 aromatic rings. The highest BCUT2D eigenvalue weighted by molar-refractivity contribution is 9.09. The van der Waals surface area contributed by atoms with Gasteiger partial charge in [-0.15, -0.1) is 0 Å². The SMILES string of the molecule is CO/C(=C/C=C(\[NH2+][O-])C(=O)O)CBr. The first-order valence-corrected chi connectivity index (χ1v) is 4.47. The van der Waals surface area contributed by atoms with Crippen molar-refractivity contribution in [2.24, 2.45) is 0 Å². The maximum atomic E-state index is 10.3. The molecule has 74 valence electrons. The maximum absolute atomic E-state index is 10.3. The number of halogens is 1. The Morgan fingerprint density at radius 3 is 2.62 bits per heavy atom. The van der Waals surface area contributed by atoms with Crippen LogP contribution in [-0.2, 0) is 9.53 Å². The molecule has 0 atom stereocenters. The Hall–Kier alpha value is -0.850. The van der Waals surface area contributed by atoms with Crippen molar-refractivity contribution in [3.8, 4) is 0 Å². The number of hydrogen-bond acceptors (Lipinski definition) is 3. The number of nitrogens with two attached hydrogens (primary N) is 1. The summed E-state index contributed by atoms with van der Waals surface area (Å²) >= 11 is 3.13. The van der Waals surface area contributed by atoms with Crippen LogP contribution in [0.2, 0.25) is 0 Å². The summed E-state index contributed by atoms with van der Waals surface area (Å²) < 4.78 is 4.83. The summed E-state index contributed by atoms with van der Waals surface area (Å²) in [5, 5.41) is 19.1. The van der Waals surface area contributed by atoms with Crippen molar-refractivity contribution >= 4 is 21.9 Å². The van der Waals surface area contributed by atoms with Crippen LogP contribution in [0.25, 0.3) is 0 Å². The monoisotopic (exact) mass is 251 g/mol. The van der Waals surface area contributed by atoms with E-state index in [0.29, 0.717) is 11.1 Å². The number of allylic oxidation sites excluding steroid dienone is 3. The van der Waals surface area contributed by atoms with Crippen LogP contribution in [0.4, 0.5) is 0 Å². The number of rotatable bonds is 5. The average molecular weight is 252 g/mol. The molecule has 0 saturated carbocycles. The minimum atomic E-state index is -1.25. The molecule has 0 aliphatic heterocycles. The number of carbonyl (C=O) groups is 1. The highest BCUT2D eigenvalue weighted by Gasteiger charge is 2.05. The second-order valence-electron chi connectivity index (χ2n) is 2.02. The summed E-state index contributed by atoms with van der Waals surface area (Å²) in [6, 6.07) is 0. The Balaban J connectivity index is 4.51. The van der Waals surface area contributed by atoms with Crippen LogP contribution < -0.4 is 5.48 Å². The topological polar surface area (TPSA) is 86.2 Å². The maximum Gasteiger partial charge on any atom is 0.390 e. The molecule has 0 aromatic heterocycles. The predicted octanol–water partition coefficient (Wildman–Crippen LogP) is -0.0587. The number of aliphatic carboxylic acids is 1. The van der Waals surface area contributed by atoms with E-state index in [1.165, 1.54) is 19.3 Å². The van der Waals surface area contributed by atoms with Crippen LogP contribution in [0.5, 0.6) is 0 Å². The van der Waals surface area contributed by atoms with Gasteiger partial charge < -0.3 is 20.5 Å². The van der Waals surface area contributed by atoms with Crippen LogP contribution in [0.3, 0.4) is 0 Å². The third-order valence-corrected chi connectivity index (χ3v) is 1.77. The molecule has 0 bridgehead atoms. The van der Waals surface area contributed by atoms with Gasteiger partial charge in [-0.05, 0) is 6.08 Å². The number of quaternary nitrogens is 1. The van der Waals surface area contributed by atoms with Crippen molar-refractivity contribution < 1.29 is 20.1 Å². The number of ether oxygens (including phenoxy) is 1. The van der Waals surface area contributed by atoms with Crippen molar-refractivity contribution in [1.82, 2.24) is 0 Å². The number of hydroxylamine groups is 1. The third kappa shape index (κ3) is 4.66. The molecule has 0 spiro atoms. The zero-order valence-electron chi connectivity index (χ0n) is 6.99. The summed E-state index contributed by atoms with van der Waals surface area (Å²) in [5.74, 6) is -0.711. The quantitative estimate of drug-likeness (QED) is 0.236. The zero-order valence-corrected chi connectivity index (χ0v) is 8.58. The number of hydrogen-bond donors (Lipinski definition) is 2. The molecular formula is C7H10BrNO4. The molecule has 0 amide bonds. The van der Waals surface area contributed by atoms with Crippen LogP contribution in [-0.4, -0.2) is 23.5 Å². The molecule has 0 aromatic carbocycles. The second kappa shape index (κ2) is 6.64. The smallest absolute Gasteiger partial charge is 0.390 e. The van der Waals surface area contributed by atoms with Crippen LogP contribution in [0, 0.1) is 5.21 Å². The number of carboxylic acid groups (broad SMARTS) is 1. The molecule has 0 radical (unpaired) electrons. The summed E-state index contributed by atoms with van der Waals surface area (Å²) in [4.78, 5) is 10.3. The van der Waals surface area contributed by atoms with Gasteiger partial charge in [-0.1, -0.05) is 15.9 Å². The summed E-state index contributed by atoms with van der Waals surface area (Å²) in [6.45, 7) is 0. The van der Waals surface area contributed by atoms with Gasteiger partial charge in [-0.25, -0.2) is 4.79 Å². The van der Waals surface area contributed by atoms with Gasteiger partial charge in [-0.3, -0.25) is 0 Å². The molecular weight excluding hydrogens is 242 g/mol. The summed E-state index contributed by atoms with van der Waals surface area (Å²) in [5.41, 5.74) is -0.0316. The van der Waals surface area contributed by atoms with Crippen molar-refractivity contribution in [2.45, 2.75) is 0 Å². The van der Waals surface area contributed by atoms with Crippen molar-refractivity contribution in [2.75, 3.05) is 12.4 Å². The van der Waals surface area contributed by atoms with E-state index in [0.717, 1.165) is 0 Å². The van der Waals surface area contributed by atoms with E-state index in [-0.39, 0.29) is 11.2 Å². The summed E-state index contributed by atoms with van der Waals surface area (Å²) in [6.07, 6.45) is 2.61. The standard InChI is InChI=1S/C7H10BrNO4/c1-13-5(4-8)2-3-6(9-12)7(10)11/h2-3H,4,9H2,1H3,(H,10,11)/b5-2+,6-3-. The van der Waals surface area contributed by atoms with Gasteiger partial charge in [0.15, 0.2) is 0 Å². The highest BCUT2D eigenvalue weighted by Crippen LogP contribution is 2.00. The molecule has 0 rings (SSSR count). The van der Waals surface area contributed by atoms with Crippen molar-refractivity contribution in [3.63, 3.8) is 0 Å². The van der Waals surface area contributed by atoms with E-state index in [9.17, 15) is 10.0 Å². The van der Waals surface area contributed by atoms with Crippen LogP contribution in [0.1, 0.15) is 0 Å². The van der Waals surface area contributed by atoms with Gasteiger partial charge in [0.25, 0.3) is 0 Å². The lowest BCUT2D eigenvalue weighted by Gasteiger charge is -2.01. The first kappa shape index (κ1) is 12.2. The minimum absolute atomic E-state index is 0.278. The molecule has 0 fully saturated rings. The van der Waals surface area contributed by atoms with E-state index in [2.05, 4.69) is 15.9 Å². The van der Waals surface area contributed by atoms with Gasteiger partial charge in [-0.2, -0.15) is 0 Å². The molecule has 3 N–H and O–H groups in total. The van der Waals surface area contributed by atoms with Gasteiger partial charge in [0.1, 0.15) is 5.76 Å². The van der Waals surface area contributed by atoms with E-state index < -0.39 is 5.97 Å². The number of alkyl halides is 1. The molecule has 0 unspecified atom stereocenters. The zero-order chi connectivity index (χ0) is 10.3. The number of carboxylic acids is 1. The highest BCUT2D eigenvalue weighted by atomic mass is 79.9. The van der Waals surface area contributed by atoms with E-state index in [4.69, 9.17) is 9.84 Å². The largest absolute Gasteiger partial charge is 0.630 e. The fourth-order valence-electron chi connectivity index (χ4n) is 0.511. The van der Waals surface area contributed by atoms with Gasteiger partial charge in [0, 0.05) is 6.08 Å². The van der Waals surface area contributed by atoms with Crippen molar-refractivity contribution in [3.05, 3.63) is 28.8 Å².